The van der Waals surface area contributed by atoms with Crippen LogP contribution in [0.5, 0.6) is 11.5 Å². The maximum atomic E-state index is 10.4. The molecule has 3 nitrogen and oxygen atoms in total. The summed E-state index contributed by atoms with van der Waals surface area (Å²) in [4.78, 5) is 3.21. The Kier molecular flexibility index (Phi) is 2.42. The average Bonchev–Trinajstić information content (AvgIpc) is 2.92. The van der Waals surface area contributed by atoms with Gasteiger partial charge in [0.15, 0.2) is 11.5 Å². The number of hydrogen-bond donors (Lipinski definition) is 3. The van der Waals surface area contributed by atoms with E-state index in [4.69, 9.17) is 0 Å². The first-order valence-corrected chi connectivity index (χ1v) is 6.76. The van der Waals surface area contributed by atoms with Crippen molar-refractivity contribution in [2.24, 2.45) is 0 Å². The Labute approximate surface area is 121 Å². The van der Waals surface area contributed by atoms with Crippen LogP contribution in [0.4, 0.5) is 0 Å². The summed E-state index contributed by atoms with van der Waals surface area (Å²) >= 11 is 0. The van der Waals surface area contributed by atoms with Gasteiger partial charge in [0.25, 0.3) is 0 Å². The van der Waals surface area contributed by atoms with Gasteiger partial charge in [0.2, 0.25) is 0 Å². The molecular formula is C18H13NO2. The first-order chi connectivity index (χ1) is 10.3. The second kappa shape index (κ2) is 4.28. The molecule has 0 unspecified atom stereocenters. The summed E-state index contributed by atoms with van der Waals surface area (Å²) < 4.78 is 0. The minimum atomic E-state index is -0.103. The lowest BCUT2D eigenvalue weighted by atomic mass is 9.96. The number of hydrogen-bond acceptors (Lipinski definition) is 2. The van der Waals surface area contributed by atoms with Crippen LogP contribution >= 0.6 is 0 Å². The molecule has 0 spiro atoms. The molecule has 0 aliphatic rings. The number of rotatable bonds is 1. The normalized spacial score (nSPS) is 11.2. The lowest BCUT2D eigenvalue weighted by Gasteiger charge is -2.10. The number of para-hydroxylation sites is 1. The fourth-order valence-electron chi connectivity index (χ4n) is 2.87. The Morgan fingerprint density at radius 1 is 0.810 bits per heavy atom. The molecule has 0 radical (unpaired) electrons. The molecular weight excluding hydrogens is 262 g/mol. The van der Waals surface area contributed by atoms with Gasteiger partial charge in [0, 0.05) is 28.2 Å². The Morgan fingerprint density at radius 3 is 2.38 bits per heavy atom. The molecule has 0 aliphatic carbocycles. The van der Waals surface area contributed by atoms with E-state index in [2.05, 4.69) is 4.98 Å². The number of fused-ring (bicyclic) bond motifs is 2. The van der Waals surface area contributed by atoms with Crippen molar-refractivity contribution in [2.45, 2.75) is 0 Å². The van der Waals surface area contributed by atoms with Crippen molar-refractivity contribution < 1.29 is 10.2 Å². The second-order valence-corrected chi connectivity index (χ2v) is 5.09. The maximum Gasteiger partial charge on any atom is 0.166 e. The van der Waals surface area contributed by atoms with Crippen LogP contribution in [0.25, 0.3) is 32.8 Å². The summed E-state index contributed by atoms with van der Waals surface area (Å²) in [5.74, 6) is -0.188. The van der Waals surface area contributed by atoms with Crippen LogP contribution in [-0.4, -0.2) is 15.2 Å². The summed E-state index contributed by atoms with van der Waals surface area (Å²) in [5, 5.41) is 23.2. The maximum absolute atomic E-state index is 10.4. The fraction of sp³-hybridized carbons (Fsp3) is 0. The monoisotopic (exact) mass is 275 g/mol. The van der Waals surface area contributed by atoms with Crippen molar-refractivity contribution in [1.82, 2.24) is 4.98 Å². The van der Waals surface area contributed by atoms with E-state index in [1.807, 2.05) is 54.7 Å². The molecule has 3 aromatic carbocycles. The molecule has 0 atom stereocenters. The number of phenols is 2. The Balaban J connectivity index is 2.17. The summed E-state index contributed by atoms with van der Waals surface area (Å²) in [5.41, 5.74) is 2.54. The van der Waals surface area contributed by atoms with E-state index in [9.17, 15) is 10.2 Å². The number of H-pyrrole nitrogens is 1. The van der Waals surface area contributed by atoms with E-state index < -0.39 is 0 Å². The van der Waals surface area contributed by atoms with Gasteiger partial charge < -0.3 is 15.2 Å². The standard InChI is InChI=1S/C18H13NO2/c20-16-9-11-5-1-2-6-12(11)17(18(16)21)14-10-19-15-8-4-3-7-13(14)15/h1-10,19-21H. The molecule has 0 bridgehead atoms. The molecule has 0 fully saturated rings. The number of nitrogens with one attached hydrogen (secondary N) is 1. The minimum Gasteiger partial charge on any atom is -0.504 e. The molecule has 21 heavy (non-hydrogen) atoms. The van der Waals surface area contributed by atoms with Crippen LogP contribution in [0.2, 0.25) is 0 Å². The Bertz CT molecular complexity index is 969. The van der Waals surface area contributed by atoms with E-state index in [1.54, 1.807) is 6.07 Å². The number of aromatic nitrogens is 1. The molecule has 4 aromatic rings. The van der Waals surface area contributed by atoms with Crippen molar-refractivity contribution >= 4 is 21.7 Å². The van der Waals surface area contributed by atoms with E-state index in [-0.39, 0.29) is 11.5 Å². The Morgan fingerprint density at radius 2 is 1.52 bits per heavy atom. The van der Waals surface area contributed by atoms with Gasteiger partial charge in [-0.3, -0.25) is 0 Å². The number of phenolic OH excluding ortho intramolecular Hbond substituents is 2. The molecule has 3 N–H and O–H groups in total. The quantitative estimate of drug-likeness (QED) is 0.451. The molecule has 0 amide bonds. The largest absolute Gasteiger partial charge is 0.504 e. The molecule has 0 saturated heterocycles. The zero-order valence-corrected chi connectivity index (χ0v) is 11.2. The molecule has 3 heteroatoms. The van der Waals surface area contributed by atoms with Crippen molar-refractivity contribution in [1.29, 1.82) is 0 Å². The van der Waals surface area contributed by atoms with Gasteiger partial charge >= 0.3 is 0 Å². The molecule has 102 valence electrons. The van der Waals surface area contributed by atoms with Crippen molar-refractivity contribution in [2.75, 3.05) is 0 Å². The highest BCUT2D eigenvalue weighted by molar-refractivity contribution is 6.08. The van der Waals surface area contributed by atoms with Crippen LogP contribution in [0.3, 0.4) is 0 Å². The van der Waals surface area contributed by atoms with Crippen LogP contribution in [0, 0.1) is 0 Å². The van der Waals surface area contributed by atoms with Crippen LogP contribution in [0.1, 0.15) is 0 Å². The van der Waals surface area contributed by atoms with Crippen molar-refractivity contribution in [3.05, 3.63) is 60.8 Å². The van der Waals surface area contributed by atoms with E-state index in [0.717, 1.165) is 27.2 Å². The number of aromatic hydroxyl groups is 2. The molecule has 0 aliphatic heterocycles. The summed E-state index contributed by atoms with van der Waals surface area (Å²) in [6.45, 7) is 0. The SMILES string of the molecule is Oc1cc2ccccc2c(-c2c[nH]c3ccccc23)c1O. The zero-order chi connectivity index (χ0) is 14.4. The summed E-state index contributed by atoms with van der Waals surface area (Å²) in [6, 6.07) is 17.2. The lowest BCUT2D eigenvalue weighted by Crippen LogP contribution is -1.83. The van der Waals surface area contributed by atoms with Crippen LogP contribution < -0.4 is 0 Å². The number of benzene rings is 3. The first-order valence-electron chi connectivity index (χ1n) is 6.76. The predicted octanol–water partition coefficient (Wildman–Crippen LogP) is 4.40. The molecule has 4 rings (SSSR count). The second-order valence-electron chi connectivity index (χ2n) is 5.09. The summed E-state index contributed by atoms with van der Waals surface area (Å²) in [6.07, 6.45) is 1.87. The van der Waals surface area contributed by atoms with E-state index in [1.165, 1.54) is 0 Å². The van der Waals surface area contributed by atoms with Gasteiger partial charge in [-0.25, -0.2) is 0 Å². The zero-order valence-electron chi connectivity index (χ0n) is 11.2. The van der Waals surface area contributed by atoms with Crippen molar-refractivity contribution in [3.8, 4) is 22.6 Å². The van der Waals surface area contributed by atoms with E-state index >= 15 is 0 Å². The first kappa shape index (κ1) is 11.9. The van der Waals surface area contributed by atoms with Crippen molar-refractivity contribution in [3.63, 3.8) is 0 Å². The van der Waals surface area contributed by atoms with Gasteiger partial charge in [-0.2, -0.15) is 0 Å². The van der Waals surface area contributed by atoms with Crippen LogP contribution in [-0.2, 0) is 0 Å². The highest BCUT2D eigenvalue weighted by Crippen LogP contribution is 2.44. The third-order valence-corrected chi connectivity index (χ3v) is 3.86. The highest BCUT2D eigenvalue weighted by Gasteiger charge is 2.16. The fourth-order valence-corrected chi connectivity index (χ4v) is 2.87. The molecule has 1 aromatic heterocycles. The lowest BCUT2D eigenvalue weighted by molar-refractivity contribution is 0.406. The van der Waals surface area contributed by atoms with Gasteiger partial charge in [0.1, 0.15) is 0 Å². The molecule has 0 saturated carbocycles. The van der Waals surface area contributed by atoms with Gasteiger partial charge in [-0.05, 0) is 22.9 Å². The third kappa shape index (κ3) is 1.68. The van der Waals surface area contributed by atoms with Gasteiger partial charge in [-0.15, -0.1) is 0 Å². The van der Waals surface area contributed by atoms with Gasteiger partial charge in [-0.1, -0.05) is 42.5 Å². The number of aromatic amines is 1. The summed E-state index contributed by atoms with van der Waals surface area (Å²) in [7, 11) is 0. The van der Waals surface area contributed by atoms with Crippen LogP contribution in [0.15, 0.2) is 60.8 Å². The van der Waals surface area contributed by atoms with E-state index in [0.29, 0.717) is 5.56 Å². The Hall–Kier alpha value is -2.94. The predicted molar refractivity (Wildman–Crippen MR) is 84.6 cm³/mol. The third-order valence-electron chi connectivity index (χ3n) is 3.86. The van der Waals surface area contributed by atoms with Gasteiger partial charge in [0.05, 0.1) is 0 Å². The average molecular weight is 275 g/mol. The molecule has 1 heterocycles. The highest BCUT2D eigenvalue weighted by atomic mass is 16.3. The minimum absolute atomic E-state index is 0.0848. The topological polar surface area (TPSA) is 56.2 Å². The smallest absolute Gasteiger partial charge is 0.166 e.